The van der Waals surface area contributed by atoms with Gasteiger partial charge in [0, 0.05) is 13.1 Å². The second-order valence-electron chi connectivity index (χ2n) is 4.62. The van der Waals surface area contributed by atoms with Gasteiger partial charge in [-0.05, 0) is 13.8 Å². The molecular weight excluding hydrogens is 222 g/mol. The average molecular weight is 239 g/mol. The van der Waals surface area contributed by atoms with Gasteiger partial charge >= 0.3 is 0 Å². The highest BCUT2D eigenvalue weighted by molar-refractivity contribution is 5.51. The molecule has 0 unspecified atom stereocenters. The molecule has 0 spiro atoms. The van der Waals surface area contributed by atoms with Gasteiger partial charge in [-0.25, -0.2) is 4.98 Å². The molecule has 0 aromatic carbocycles. The van der Waals surface area contributed by atoms with Gasteiger partial charge in [-0.1, -0.05) is 0 Å². The zero-order chi connectivity index (χ0) is 12.5. The van der Waals surface area contributed by atoms with Gasteiger partial charge in [-0.3, -0.25) is 4.79 Å². The first kappa shape index (κ1) is 11.9. The van der Waals surface area contributed by atoms with Gasteiger partial charge in [0.25, 0.3) is 5.56 Å². The minimum Gasteiger partial charge on any atom is -0.489 e. The van der Waals surface area contributed by atoms with Crippen LogP contribution in [0.4, 0.5) is 5.82 Å². The lowest BCUT2D eigenvalue weighted by Crippen LogP contribution is -2.49. The molecule has 1 aliphatic heterocycles. The van der Waals surface area contributed by atoms with E-state index in [1.165, 1.54) is 13.4 Å². The number of H-pyrrole nitrogens is 1. The van der Waals surface area contributed by atoms with Gasteiger partial charge in [0.2, 0.25) is 5.75 Å². The Hall–Kier alpha value is -1.56. The summed E-state index contributed by atoms with van der Waals surface area (Å²) >= 11 is 0. The third kappa shape index (κ3) is 2.41. The molecule has 0 saturated carbocycles. The van der Waals surface area contributed by atoms with Gasteiger partial charge in [0.1, 0.15) is 0 Å². The fraction of sp³-hybridized carbons (Fsp3) is 0.636. The molecule has 0 bridgehead atoms. The molecule has 6 nitrogen and oxygen atoms in total. The van der Waals surface area contributed by atoms with E-state index in [1.54, 1.807) is 0 Å². The van der Waals surface area contributed by atoms with Crippen molar-refractivity contribution in [2.45, 2.75) is 19.4 Å². The predicted molar refractivity (Wildman–Crippen MR) is 63.7 cm³/mol. The van der Waals surface area contributed by atoms with E-state index >= 15 is 0 Å². The molecule has 94 valence electrons. The zero-order valence-electron chi connectivity index (χ0n) is 10.3. The Labute approximate surface area is 99.6 Å². The number of morpholine rings is 1. The number of nitrogens with zero attached hydrogens (tertiary/aromatic N) is 2. The summed E-state index contributed by atoms with van der Waals surface area (Å²) in [5.74, 6) is 0.831. The average Bonchev–Trinajstić information content (AvgIpc) is 2.27. The molecule has 1 aromatic rings. The molecule has 6 heteroatoms. The molecule has 17 heavy (non-hydrogen) atoms. The number of methoxy groups -OCH3 is 1. The Balaban J connectivity index is 2.34. The van der Waals surface area contributed by atoms with Crippen LogP contribution in [0, 0.1) is 0 Å². The van der Waals surface area contributed by atoms with Crippen molar-refractivity contribution >= 4 is 5.82 Å². The van der Waals surface area contributed by atoms with Crippen molar-refractivity contribution in [3.8, 4) is 5.75 Å². The van der Waals surface area contributed by atoms with Gasteiger partial charge in [-0.2, -0.15) is 0 Å². The van der Waals surface area contributed by atoms with Crippen molar-refractivity contribution in [2.75, 3.05) is 31.7 Å². The molecule has 0 amide bonds. The molecule has 1 aromatic heterocycles. The quantitative estimate of drug-likeness (QED) is 0.808. The fourth-order valence-electron chi connectivity index (χ4n) is 1.98. The first-order valence-corrected chi connectivity index (χ1v) is 5.54. The Kier molecular flexibility index (Phi) is 3.06. The summed E-state index contributed by atoms with van der Waals surface area (Å²) in [5.41, 5.74) is -0.505. The summed E-state index contributed by atoms with van der Waals surface area (Å²) in [4.78, 5) is 20.3. The molecule has 1 aliphatic rings. The highest BCUT2D eigenvalue weighted by Crippen LogP contribution is 2.25. The van der Waals surface area contributed by atoms with Crippen LogP contribution in [0.1, 0.15) is 13.8 Å². The predicted octanol–water partition coefficient (Wildman–Crippen LogP) is 0.394. The van der Waals surface area contributed by atoms with Crippen LogP contribution in [0.3, 0.4) is 0 Å². The van der Waals surface area contributed by atoms with Crippen LogP contribution in [0.25, 0.3) is 0 Å². The second-order valence-corrected chi connectivity index (χ2v) is 4.62. The highest BCUT2D eigenvalue weighted by Gasteiger charge is 2.29. The lowest BCUT2D eigenvalue weighted by Gasteiger charge is -2.38. The molecule has 0 radical (unpaired) electrons. The van der Waals surface area contributed by atoms with Crippen molar-refractivity contribution in [3.63, 3.8) is 0 Å². The van der Waals surface area contributed by atoms with Gasteiger partial charge in [0.15, 0.2) is 5.82 Å². The number of anilines is 1. The van der Waals surface area contributed by atoms with E-state index in [0.717, 1.165) is 0 Å². The van der Waals surface area contributed by atoms with Crippen LogP contribution in [0.5, 0.6) is 5.75 Å². The molecule has 1 saturated heterocycles. The van der Waals surface area contributed by atoms with E-state index < -0.39 is 0 Å². The monoisotopic (exact) mass is 239 g/mol. The van der Waals surface area contributed by atoms with Crippen molar-refractivity contribution in [1.29, 1.82) is 0 Å². The molecule has 0 atom stereocenters. The Morgan fingerprint density at radius 2 is 2.35 bits per heavy atom. The Morgan fingerprint density at radius 3 is 3.00 bits per heavy atom. The maximum absolute atomic E-state index is 11.6. The third-order valence-electron chi connectivity index (χ3n) is 2.72. The zero-order valence-corrected chi connectivity index (χ0v) is 10.3. The number of ether oxygens (including phenoxy) is 2. The summed E-state index contributed by atoms with van der Waals surface area (Å²) in [5, 5.41) is 0. The van der Waals surface area contributed by atoms with Crippen LogP contribution in [0.2, 0.25) is 0 Å². The van der Waals surface area contributed by atoms with Crippen LogP contribution in [-0.2, 0) is 4.74 Å². The van der Waals surface area contributed by atoms with Crippen LogP contribution in [0.15, 0.2) is 11.1 Å². The van der Waals surface area contributed by atoms with E-state index in [2.05, 4.69) is 9.97 Å². The fourth-order valence-corrected chi connectivity index (χ4v) is 1.98. The number of hydrogen-bond donors (Lipinski definition) is 1. The van der Waals surface area contributed by atoms with Crippen molar-refractivity contribution in [1.82, 2.24) is 9.97 Å². The van der Waals surface area contributed by atoms with Crippen LogP contribution in [-0.4, -0.2) is 42.4 Å². The van der Waals surface area contributed by atoms with Crippen LogP contribution < -0.4 is 15.2 Å². The summed E-state index contributed by atoms with van der Waals surface area (Å²) in [6.07, 6.45) is 1.39. The molecule has 2 heterocycles. The largest absolute Gasteiger partial charge is 0.489 e. The second kappa shape index (κ2) is 4.37. The molecule has 1 fully saturated rings. The van der Waals surface area contributed by atoms with E-state index in [-0.39, 0.29) is 16.9 Å². The SMILES string of the molecule is COc1c(N2CCOC(C)(C)C2)nc[nH]c1=O. The number of aromatic amines is 1. The van der Waals surface area contributed by atoms with E-state index in [9.17, 15) is 4.79 Å². The highest BCUT2D eigenvalue weighted by atomic mass is 16.5. The number of nitrogens with one attached hydrogen (secondary N) is 1. The maximum Gasteiger partial charge on any atom is 0.295 e. The normalized spacial score (nSPS) is 19.1. The van der Waals surface area contributed by atoms with E-state index in [4.69, 9.17) is 9.47 Å². The summed E-state index contributed by atoms with van der Waals surface area (Å²) in [7, 11) is 1.47. The van der Waals surface area contributed by atoms with Crippen LogP contribution >= 0.6 is 0 Å². The van der Waals surface area contributed by atoms with E-state index in [0.29, 0.717) is 25.5 Å². The first-order valence-electron chi connectivity index (χ1n) is 5.54. The van der Waals surface area contributed by atoms with E-state index in [1.807, 2.05) is 18.7 Å². The van der Waals surface area contributed by atoms with Crippen molar-refractivity contribution in [3.05, 3.63) is 16.7 Å². The summed E-state index contributed by atoms with van der Waals surface area (Å²) < 4.78 is 10.7. The topological polar surface area (TPSA) is 67.5 Å². The Bertz CT molecular complexity index is 456. The lowest BCUT2D eigenvalue weighted by molar-refractivity contribution is -0.0280. The van der Waals surface area contributed by atoms with Gasteiger partial charge in [-0.15, -0.1) is 0 Å². The van der Waals surface area contributed by atoms with Gasteiger partial charge < -0.3 is 19.4 Å². The standard InChI is InChI=1S/C11H17N3O3/c1-11(2)6-14(4-5-17-11)9-8(16-3)10(15)13-7-12-9/h7H,4-6H2,1-3H3,(H,12,13,15). The molecule has 2 rings (SSSR count). The molecule has 1 N–H and O–H groups in total. The maximum atomic E-state index is 11.6. The number of hydrogen-bond acceptors (Lipinski definition) is 5. The van der Waals surface area contributed by atoms with Crippen molar-refractivity contribution in [2.24, 2.45) is 0 Å². The third-order valence-corrected chi connectivity index (χ3v) is 2.72. The number of aromatic nitrogens is 2. The first-order chi connectivity index (χ1) is 8.03. The van der Waals surface area contributed by atoms with Crippen molar-refractivity contribution < 1.29 is 9.47 Å². The summed E-state index contributed by atoms with van der Waals surface area (Å²) in [6.45, 7) is 6.03. The lowest BCUT2D eigenvalue weighted by atomic mass is 10.1. The number of rotatable bonds is 2. The minimum absolute atomic E-state index is 0.243. The molecule has 0 aliphatic carbocycles. The molecular formula is C11H17N3O3. The van der Waals surface area contributed by atoms with Gasteiger partial charge in [0.05, 0.1) is 25.6 Å². The summed E-state index contributed by atoms with van der Waals surface area (Å²) in [6, 6.07) is 0. The Morgan fingerprint density at radius 1 is 1.59 bits per heavy atom. The smallest absolute Gasteiger partial charge is 0.295 e. The minimum atomic E-state index is -0.262.